The van der Waals surface area contributed by atoms with Gasteiger partial charge in [0.15, 0.2) is 6.10 Å². The highest BCUT2D eigenvalue weighted by Crippen LogP contribution is 2.34. The highest BCUT2D eigenvalue weighted by Gasteiger charge is 2.23. The molecule has 0 saturated carbocycles. The van der Waals surface area contributed by atoms with Gasteiger partial charge in [-0.1, -0.05) is 18.2 Å². The van der Waals surface area contributed by atoms with Gasteiger partial charge in [0, 0.05) is 30.2 Å². The average Bonchev–Trinajstić information content (AvgIpc) is 2.73. The number of fused-ring (bicyclic) bond motifs is 1. The van der Waals surface area contributed by atoms with Gasteiger partial charge in [-0.3, -0.25) is 9.78 Å². The third-order valence-corrected chi connectivity index (χ3v) is 5.99. The SMILES string of the molecule is Cc1cc(-c2c(C)cccc2C)c2ccc(OC(C)C(=O)N3CCCCC3)cc2n1. The van der Waals surface area contributed by atoms with Crippen LogP contribution < -0.4 is 4.74 Å². The van der Waals surface area contributed by atoms with Gasteiger partial charge in [0.2, 0.25) is 0 Å². The lowest BCUT2D eigenvalue weighted by Gasteiger charge is -2.29. The van der Waals surface area contributed by atoms with E-state index in [-0.39, 0.29) is 5.91 Å². The monoisotopic (exact) mass is 402 g/mol. The zero-order chi connectivity index (χ0) is 21.3. The van der Waals surface area contributed by atoms with E-state index in [0.29, 0.717) is 5.75 Å². The van der Waals surface area contributed by atoms with E-state index >= 15 is 0 Å². The van der Waals surface area contributed by atoms with Crippen LogP contribution >= 0.6 is 0 Å². The van der Waals surface area contributed by atoms with Crippen molar-refractivity contribution in [3.63, 3.8) is 0 Å². The molecule has 1 unspecified atom stereocenters. The second kappa shape index (κ2) is 8.47. The van der Waals surface area contributed by atoms with Crippen LogP contribution in [-0.2, 0) is 4.79 Å². The van der Waals surface area contributed by atoms with E-state index in [1.807, 2.05) is 30.9 Å². The molecule has 4 nitrogen and oxygen atoms in total. The number of piperidine rings is 1. The van der Waals surface area contributed by atoms with Crippen LogP contribution in [0.15, 0.2) is 42.5 Å². The minimum atomic E-state index is -0.497. The van der Waals surface area contributed by atoms with Crippen molar-refractivity contribution in [2.24, 2.45) is 0 Å². The molecule has 1 aliphatic rings. The summed E-state index contributed by atoms with van der Waals surface area (Å²) in [6.07, 6.45) is 2.87. The fourth-order valence-electron chi connectivity index (χ4n) is 4.49. The van der Waals surface area contributed by atoms with Crippen molar-refractivity contribution < 1.29 is 9.53 Å². The number of ether oxygens (including phenoxy) is 1. The molecule has 2 heterocycles. The van der Waals surface area contributed by atoms with Gasteiger partial charge in [-0.05, 0) is 87.4 Å². The summed E-state index contributed by atoms with van der Waals surface area (Å²) < 4.78 is 6.04. The summed E-state index contributed by atoms with van der Waals surface area (Å²) in [5, 5.41) is 1.10. The van der Waals surface area contributed by atoms with E-state index in [0.717, 1.165) is 42.5 Å². The number of aryl methyl sites for hydroxylation is 3. The average molecular weight is 403 g/mol. The Morgan fingerprint density at radius 3 is 2.40 bits per heavy atom. The molecule has 2 aromatic carbocycles. The third kappa shape index (κ3) is 4.04. The molecule has 30 heavy (non-hydrogen) atoms. The van der Waals surface area contributed by atoms with Crippen LogP contribution in [0.25, 0.3) is 22.0 Å². The maximum Gasteiger partial charge on any atom is 0.263 e. The van der Waals surface area contributed by atoms with Crippen molar-refractivity contribution in [3.8, 4) is 16.9 Å². The Bertz CT molecular complexity index is 1060. The molecule has 0 N–H and O–H groups in total. The van der Waals surface area contributed by atoms with Crippen LogP contribution in [-0.4, -0.2) is 35.0 Å². The van der Waals surface area contributed by atoms with Gasteiger partial charge in [0.05, 0.1) is 5.52 Å². The molecule has 1 atom stereocenters. The highest BCUT2D eigenvalue weighted by atomic mass is 16.5. The molecular formula is C26H30N2O2. The second-order valence-electron chi connectivity index (χ2n) is 8.40. The number of hydrogen-bond donors (Lipinski definition) is 0. The van der Waals surface area contributed by atoms with Crippen LogP contribution in [0.3, 0.4) is 0 Å². The van der Waals surface area contributed by atoms with Crippen LogP contribution in [0, 0.1) is 20.8 Å². The smallest absolute Gasteiger partial charge is 0.263 e. The molecule has 1 fully saturated rings. The first-order valence-electron chi connectivity index (χ1n) is 10.9. The van der Waals surface area contributed by atoms with Gasteiger partial charge >= 0.3 is 0 Å². The minimum absolute atomic E-state index is 0.0724. The maximum atomic E-state index is 12.7. The number of pyridine rings is 1. The Morgan fingerprint density at radius 2 is 1.70 bits per heavy atom. The van der Waals surface area contributed by atoms with Crippen molar-refractivity contribution in [1.82, 2.24) is 9.88 Å². The number of carbonyl (C=O) groups excluding carboxylic acids is 1. The number of nitrogens with zero attached hydrogens (tertiary/aromatic N) is 2. The highest BCUT2D eigenvalue weighted by molar-refractivity contribution is 5.97. The first-order chi connectivity index (χ1) is 14.4. The van der Waals surface area contributed by atoms with E-state index in [1.165, 1.54) is 28.7 Å². The lowest BCUT2D eigenvalue weighted by Crippen LogP contribution is -2.43. The fourth-order valence-corrected chi connectivity index (χ4v) is 4.49. The van der Waals surface area contributed by atoms with Gasteiger partial charge in [-0.2, -0.15) is 0 Å². The summed E-state index contributed by atoms with van der Waals surface area (Å²) in [5.74, 6) is 0.758. The molecule has 4 heteroatoms. The van der Waals surface area contributed by atoms with Gasteiger partial charge in [-0.15, -0.1) is 0 Å². The zero-order valence-corrected chi connectivity index (χ0v) is 18.4. The van der Waals surface area contributed by atoms with Gasteiger partial charge in [-0.25, -0.2) is 0 Å². The summed E-state index contributed by atoms with van der Waals surface area (Å²) >= 11 is 0. The van der Waals surface area contributed by atoms with Gasteiger partial charge in [0.1, 0.15) is 5.75 Å². The molecule has 1 aromatic heterocycles. The van der Waals surface area contributed by atoms with Crippen LogP contribution in [0.2, 0.25) is 0 Å². The molecule has 0 spiro atoms. The molecule has 156 valence electrons. The van der Waals surface area contributed by atoms with Crippen LogP contribution in [0.1, 0.15) is 43.0 Å². The molecule has 4 rings (SSSR count). The Labute approximate surface area is 178 Å². The standard InChI is InChI=1S/C26H30N2O2/c1-17-9-8-10-18(2)25(17)23-15-19(3)27-24-16-21(11-12-22(23)24)30-20(4)26(29)28-13-6-5-7-14-28/h8-12,15-16,20H,5-7,13-14H2,1-4H3. The van der Waals surface area contributed by atoms with Crippen molar-refractivity contribution in [3.05, 3.63) is 59.3 Å². The molecule has 0 aliphatic carbocycles. The molecule has 1 amide bonds. The third-order valence-electron chi connectivity index (χ3n) is 5.99. The van der Waals surface area contributed by atoms with Crippen molar-refractivity contribution in [2.75, 3.05) is 13.1 Å². The van der Waals surface area contributed by atoms with E-state index in [1.54, 1.807) is 0 Å². The van der Waals surface area contributed by atoms with Crippen molar-refractivity contribution in [1.29, 1.82) is 0 Å². The zero-order valence-electron chi connectivity index (χ0n) is 18.4. The molecule has 3 aromatic rings. The topological polar surface area (TPSA) is 42.4 Å². The first-order valence-corrected chi connectivity index (χ1v) is 10.9. The summed E-state index contributed by atoms with van der Waals surface area (Å²) in [5.41, 5.74) is 6.82. The summed E-state index contributed by atoms with van der Waals surface area (Å²) in [6.45, 7) is 9.83. The summed E-state index contributed by atoms with van der Waals surface area (Å²) in [4.78, 5) is 19.4. The predicted molar refractivity (Wildman–Crippen MR) is 122 cm³/mol. The van der Waals surface area contributed by atoms with Crippen LogP contribution in [0.4, 0.5) is 0 Å². The van der Waals surface area contributed by atoms with Crippen LogP contribution in [0.5, 0.6) is 5.75 Å². The maximum absolute atomic E-state index is 12.7. The molecule has 0 bridgehead atoms. The predicted octanol–water partition coefficient (Wildman–Crippen LogP) is 5.61. The number of amides is 1. The largest absolute Gasteiger partial charge is 0.481 e. The number of rotatable bonds is 4. The molecule has 1 saturated heterocycles. The van der Waals surface area contributed by atoms with E-state index in [9.17, 15) is 4.79 Å². The first kappa shape index (κ1) is 20.4. The number of likely N-dealkylation sites (tertiary alicyclic amines) is 1. The van der Waals surface area contributed by atoms with Gasteiger partial charge < -0.3 is 9.64 Å². The quantitative estimate of drug-likeness (QED) is 0.570. The van der Waals surface area contributed by atoms with Gasteiger partial charge in [0.25, 0.3) is 5.91 Å². The Kier molecular flexibility index (Phi) is 5.76. The minimum Gasteiger partial charge on any atom is -0.481 e. The Morgan fingerprint density at radius 1 is 1.00 bits per heavy atom. The molecular weight excluding hydrogens is 372 g/mol. The Balaban J connectivity index is 1.66. The fraction of sp³-hybridized carbons (Fsp3) is 0.385. The molecule has 0 radical (unpaired) electrons. The number of hydrogen-bond acceptors (Lipinski definition) is 3. The summed E-state index contributed by atoms with van der Waals surface area (Å²) in [6, 6.07) is 14.5. The van der Waals surface area contributed by atoms with E-state index < -0.39 is 6.10 Å². The normalized spacial score (nSPS) is 15.3. The number of benzene rings is 2. The van der Waals surface area contributed by atoms with E-state index in [4.69, 9.17) is 9.72 Å². The lowest BCUT2D eigenvalue weighted by molar-refractivity contribution is -0.138. The second-order valence-corrected chi connectivity index (χ2v) is 8.40. The lowest BCUT2D eigenvalue weighted by atomic mass is 9.93. The van der Waals surface area contributed by atoms with Crippen molar-refractivity contribution >= 4 is 16.8 Å². The van der Waals surface area contributed by atoms with E-state index in [2.05, 4.69) is 44.2 Å². The number of aromatic nitrogens is 1. The number of carbonyl (C=O) groups is 1. The molecule has 1 aliphatic heterocycles. The Hall–Kier alpha value is -2.88. The van der Waals surface area contributed by atoms with Crippen molar-refractivity contribution in [2.45, 2.75) is 53.1 Å². The summed E-state index contributed by atoms with van der Waals surface area (Å²) in [7, 11) is 0.